The van der Waals surface area contributed by atoms with Crippen molar-refractivity contribution in [1.29, 1.82) is 0 Å². The number of Topliss-reactive ketones (excluding diaryl/α,β-unsaturated/α-hetero) is 1. The van der Waals surface area contributed by atoms with Crippen molar-refractivity contribution in [3.63, 3.8) is 0 Å². The minimum Gasteiger partial charge on any atom is -0.492 e. The average molecular weight is 235 g/mol. The first-order valence-corrected chi connectivity index (χ1v) is 6.01. The molecule has 1 atom stereocenters. The van der Waals surface area contributed by atoms with Gasteiger partial charge in [0.1, 0.15) is 5.75 Å². The summed E-state index contributed by atoms with van der Waals surface area (Å²) in [7, 11) is 0. The second-order valence-corrected chi connectivity index (χ2v) is 4.12. The zero-order valence-electron chi connectivity index (χ0n) is 10.0. The van der Waals surface area contributed by atoms with Gasteiger partial charge in [-0.25, -0.2) is 0 Å². The van der Waals surface area contributed by atoms with E-state index in [-0.39, 0.29) is 11.7 Å². The molecule has 0 spiro atoms. The third-order valence-electron chi connectivity index (χ3n) is 2.84. The maximum atomic E-state index is 12.2. The van der Waals surface area contributed by atoms with E-state index in [1.54, 1.807) is 18.5 Å². The van der Waals surface area contributed by atoms with Gasteiger partial charge in [0.05, 0.1) is 19.4 Å². The molecule has 1 aliphatic rings. The van der Waals surface area contributed by atoms with Crippen LogP contribution < -0.4 is 4.74 Å². The molecule has 0 amide bonds. The highest BCUT2D eigenvalue weighted by Gasteiger charge is 2.23. The number of nitrogens with zero attached hydrogens (tertiary/aromatic N) is 1. The molecule has 1 aromatic rings. The fourth-order valence-electron chi connectivity index (χ4n) is 1.98. The van der Waals surface area contributed by atoms with Gasteiger partial charge >= 0.3 is 0 Å². The highest BCUT2D eigenvalue weighted by atomic mass is 16.5. The Balaban J connectivity index is 2.09. The zero-order chi connectivity index (χ0) is 12.1. The minimum atomic E-state index is -0.0255. The molecular weight excluding hydrogens is 218 g/mol. The summed E-state index contributed by atoms with van der Waals surface area (Å²) in [6, 6.07) is 1.76. The molecule has 2 rings (SSSR count). The number of pyridine rings is 1. The van der Waals surface area contributed by atoms with Gasteiger partial charge < -0.3 is 9.47 Å². The van der Waals surface area contributed by atoms with Crippen LogP contribution in [-0.2, 0) is 4.74 Å². The lowest BCUT2D eigenvalue weighted by Crippen LogP contribution is -2.25. The quantitative estimate of drug-likeness (QED) is 0.750. The predicted molar refractivity (Wildman–Crippen MR) is 63.3 cm³/mol. The van der Waals surface area contributed by atoms with E-state index in [1.807, 2.05) is 6.92 Å². The maximum Gasteiger partial charge on any atom is 0.169 e. The molecule has 92 valence electrons. The number of aromatic nitrogens is 1. The van der Waals surface area contributed by atoms with Gasteiger partial charge in [0.25, 0.3) is 0 Å². The molecule has 0 saturated carbocycles. The third kappa shape index (κ3) is 3.03. The molecule has 1 aromatic heterocycles. The molecule has 0 bridgehead atoms. The van der Waals surface area contributed by atoms with E-state index < -0.39 is 0 Å². The van der Waals surface area contributed by atoms with Gasteiger partial charge in [0, 0.05) is 24.3 Å². The van der Waals surface area contributed by atoms with Crippen LogP contribution in [-0.4, -0.2) is 30.6 Å². The Labute approximate surface area is 101 Å². The van der Waals surface area contributed by atoms with E-state index in [0.717, 1.165) is 19.4 Å². The van der Waals surface area contributed by atoms with Crippen LogP contribution in [0.5, 0.6) is 5.75 Å². The molecule has 0 N–H and O–H groups in total. The first-order valence-electron chi connectivity index (χ1n) is 6.01. The fraction of sp³-hybridized carbons (Fsp3) is 0.538. The summed E-state index contributed by atoms with van der Waals surface area (Å²) in [5.41, 5.74) is 0.617. The van der Waals surface area contributed by atoms with E-state index in [4.69, 9.17) is 9.47 Å². The van der Waals surface area contributed by atoms with Crippen molar-refractivity contribution < 1.29 is 14.3 Å². The van der Waals surface area contributed by atoms with Gasteiger partial charge in [-0.2, -0.15) is 0 Å². The van der Waals surface area contributed by atoms with Gasteiger partial charge in [-0.05, 0) is 25.8 Å². The Hall–Kier alpha value is -1.42. The number of ketones is 1. The molecule has 1 aliphatic heterocycles. The highest BCUT2D eigenvalue weighted by Crippen LogP contribution is 2.20. The molecule has 4 heteroatoms. The van der Waals surface area contributed by atoms with Crippen LogP contribution in [0.3, 0.4) is 0 Å². The average Bonchev–Trinajstić information content (AvgIpc) is 2.40. The first kappa shape index (κ1) is 12.0. The van der Waals surface area contributed by atoms with Crippen LogP contribution in [0.4, 0.5) is 0 Å². The van der Waals surface area contributed by atoms with Crippen molar-refractivity contribution in [2.45, 2.75) is 19.8 Å². The summed E-state index contributed by atoms with van der Waals surface area (Å²) in [5, 5.41) is 0. The summed E-state index contributed by atoms with van der Waals surface area (Å²) >= 11 is 0. The molecule has 0 aromatic carbocycles. The van der Waals surface area contributed by atoms with Crippen molar-refractivity contribution >= 4 is 5.78 Å². The molecule has 0 radical (unpaired) electrons. The van der Waals surface area contributed by atoms with E-state index >= 15 is 0 Å². The SMILES string of the molecule is CCOc1cncc(C(=O)C2CCCOC2)c1. The van der Waals surface area contributed by atoms with Crippen molar-refractivity contribution in [3.05, 3.63) is 24.0 Å². The van der Waals surface area contributed by atoms with E-state index in [9.17, 15) is 4.79 Å². The number of rotatable bonds is 4. The number of hydrogen-bond acceptors (Lipinski definition) is 4. The molecule has 1 fully saturated rings. The Morgan fingerprint density at radius 2 is 2.47 bits per heavy atom. The van der Waals surface area contributed by atoms with Gasteiger partial charge in [0.15, 0.2) is 5.78 Å². The molecule has 0 aliphatic carbocycles. The Morgan fingerprint density at radius 3 is 3.18 bits per heavy atom. The van der Waals surface area contributed by atoms with Crippen LogP contribution in [0.2, 0.25) is 0 Å². The Kier molecular flexibility index (Phi) is 4.09. The Bertz CT molecular complexity index is 386. The lowest BCUT2D eigenvalue weighted by Gasteiger charge is -2.20. The normalized spacial score (nSPS) is 19.9. The Morgan fingerprint density at radius 1 is 1.59 bits per heavy atom. The summed E-state index contributed by atoms with van der Waals surface area (Å²) in [6.07, 6.45) is 5.07. The van der Waals surface area contributed by atoms with Crippen molar-refractivity contribution in [2.75, 3.05) is 19.8 Å². The van der Waals surface area contributed by atoms with Gasteiger partial charge in [-0.3, -0.25) is 9.78 Å². The van der Waals surface area contributed by atoms with Crippen molar-refractivity contribution in [3.8, 4) is 5.75 Å². The second kappa shape index (κ2) is 5.77. The van der Waals surface area contributed by atoms with Gasteiger partial charge in [-0.15, -0.1) is 0 Å². The van der Waals surface area contributed by atoms with Crippen molar-refractivity contribution in [1.82, 2.24) is 4.98 Å². The summed E-state index contributed by atoms with van der Waals surface area (Å²) in [6.45, 7) is 3.77. The molecule has 2 heterocycles. The van der Waals surface area contributed by atoms with Gasteiger partial charge in [-0.1, -0.05) is 0 Å². The number of ether oxygens (including phenoxy) is 2. The number of hydrogen-bond donors (Lipinski definition) is 0. The molecule has 4 nitrogen and oxygen atoms in total. The summed E-state index contributed by atoms with van der Waals surface area (Å²) in [5.74, 6) is 0.733. The minimum absolute atomic E-state index is 0.0255. The molecular formula is C13H17NO3. The van der Waals surface area contributed by atoms with Crippen LogP contribution in [0.15, 0.2) is 18.5 Å². The molecule has 1 saturated heterocycles. The largest absolute Gasteiger partial charge is 0.492 e. The van der Waals surface area contributed by atoms with Crippen molar-refractivity contribution in [2.24, 2.45) is 5.92 Å². The van der Waals surface area contributed by atoms with Crippen LogP contribution >= 0.6 is 0 Å². The lowest BCUT2D eigenvalue weighted by atomic mass is 9.93. The topological polar surface area (TPSA) is 48.4 Å². The highest BCUT2D eigenvalue weighted by molar-refractivity contribution is 5.98. The predicted octanol–water partition coefficient (Wildman–Crippen LogP) is 2.09. The number of carbonyl (C=O) groups excluding carboxylic acids is 1. The maximum absolute atomic E-state index is 12.2. The number of carbonyl (C=O) groups is 1. The fourth-order valence-corrected chi connectivity index (χ4v) is 1.98. The van der Waals surface area contributed by atoms with Gasteiger partial charge in [0.2, 0.25) is 0 Å². The van der Waals surface area contributed by atoms with Crippen LogP contribution in [0, 0.1) is 5.92 Å². The molecule has 1 unspecified atom stereocenters. The zero-order valence-corrected chi connectivity index (χ0v) is 10.0. The van der Waals surface area contributed by atoms with Crippen LogP contribution in [0.25, 0.3) is 0 Å². The van der Waals surface area contributed by atoms with E-state index in [0.29, 0.717) is 24.5 Å². The third-order valence-corrected chi connectivity index (χ3v) is 2.84. The molecule has 17 heavy (non-hydrogen) atoms. The monoisotopic (exact) mass is 235 g/mol. The van der Waals surface area contributed by atoms with E-state index in [2.05, 4.69) is 4.98 Å². The van der Waals surface area contributed by atoms with E-state index in [1.165, 1.54) is 0 Å². The first-order chi connectivity index (χ1) is 8.31. The smallest absolute Gasteiger partial charge is 0.169 e. The van der Waals surface area contributed by atoms with Crippen LogP contribution in [0.1, 0.15) is 30.1 Å². The summed E-state index contributed by atoms with van der Waals surface area (Å²) in [4.78, 5) is 16.2. The standard InChI is InChI=1S/C13H17NO3/c1-2-17-12-6-11(7-14-8-12)13(15)10-4-3-5-16-9-10/h6-8,10H,2-5,9H2,1H3. The second-order valence-electron chi connectivity index (χ2n) is 4.12. The summed E-state index contributed by atoms with van der Waals surface area (Å²) < 4.78 is 10.7. The lowest BCUT2D eigenvalue weighted by molar-refractivity contribution is 0.0461.